The lowest BCUT2D eigenvalue weighted by molar-refractivity contribution is -0.214. The number of hydrogen-bond donors (Lipinski definition) is 1. The van der Waals surface area contributed by atoms with E-state index in [9.17, 15) is 18.0 Å². The number of likely N-dealkylation sites (tertiary alicyclic amines) is 1. The van der Waals surface area contributed by atoms with Crippen molar-refractivity contribution in [1.29, 1.82) is 0 Å². The van der Waals surface area contributed by atoms with Gasteiger partial charge in [0.05, 0.1) is 18.2 Å². The molecule has 7 heteroatoms. The van der Waals surface area contributed by atoms with E-state index in [1.54, 1.807) is 19.9 Å². The van der Waals surface area contributed by atoms with E-state index in [-0.39, 0.29) is 32.1 Å². The van der Waals surface area contributed by atoms with Gasteiger partial charge in [0, 0.05) is 18.8 Å². The zero-order valence-corrected chi connectivity index (χ0v) is 13.6. The zero-order valence-electron chi connectivity index (χ0n) is 13.6. The van der Waals surface area contributed by atoms with Gasteiger partial charge in [-0.25, -0.2) is 4.79 Å². The number of nitrogens with zero attached hydrogens (tertiary/aromatic N) is 2. The fraction of sp³-hybridized carbons (Fsp3) is 0.625. The van der Waals surface area contributed by atoms with E-state index in [0.717, 1.165) is 11.4 Å². The molecule has 1 saturated heterocycles. The number of aryl methyl sites for hydroxylation is 1. The number of nitrogens with one attached hydrogen (secondary N) is 1. The Morgan fingerprint density at radius 2 is 2.13 bits per heavy atom. The number of hydrogen-bond acceptors (Lipinski definition) is 2. The Kier molecular flexibility index (Phi) is 4.87. The van der Waals surface area contributed by atoms with Gasteiger partial charge in [-0.1, -0.05) is 19.9 Å². The van der Waals surface area contributed by atoms with Crippen LogP contribution < -0.4 is 5.32 Å². The Morgan fingerprint density at radius 3 is 2.70 bits per heavy atom. The van der Waals surface area contributed by atoms with E-state index in [4.69, 9.17) is 0 Å². The van der Waals surface area contributed by atoms with E-state index >= 15 is 0 Å². The summed E-state index contributed by atoms with van der Waals surface area (Å²) in [5.74, 6) is -1.38. The Balaban J connectivity index is 1.94. The van der Waals surface area contributed by atoms with Gasteiger partial charge in [0.15, 0.2) is 0 Å². The van der Waals surface area contributed by atoms with Crippen LogP contribution in [0.25, 0.3) is 0 Å². The van der Waals surface area contributed by atoms with Crippen LogP contribution in [-0.4, -0.2) is 35.2 Å². The first-order valence-electron chi connectivity index (χ1n) is 7.61. The van der Waals surface area contributed by atoms with Crippen molar-refractivity contribution in [1.82, 2.24) is 15.2 Å². The van der Waals surface area contributed by atoms with E-state index < -0.39 is 17.5 Å². The predicted molar refractivity (Wildman–Crippen MR) is 80.7 cm³/mol. The van der Waals surface area contributed by atoms with Crippen LogP contribution in [0.1, 0.15) is 31.7 Å². The highest BCUT2D eigenvalue weighted by atomic mass is 19.4. The third-order valence-electron chi connectivity index (χ3n) is 4.28. The van der Waals surface area contributed by atoms with Crippen LogP contribution in [0.2, 0.25) is 0 Å². The molecule has 2 rings (SSSR count). The molecule has 0 radical (unpaired) electrons. The minimum absolute atomic E-state index is 0.0629. The van der Waals surface area contributed by atoms with Gasteiger partial charge in [0.25, 0.3) is 0 Å². The Morgan fingerprint density at radius 1 is 1.43 bits per heavy atom. The Hall–Kier alpha value is -1.79. The number of carbonyl (C=O) groups excluding carboxylic acids is 1. The van der Waals surface area contributed by atoms with Gasteiger partial charge >= 0.3 is 12.2 Å². The van der Waals surface area contributed by atoms with Crippen molar-refractivity contribution in [2.24, 2.45) is 11.3 Å². The predicted octanol–water partition coefficient (Wildman–Crippen LogP) is 3.51. The van der Waals surface area contributed by atoms with Crippen LogP contribution in [-0.2, 0) is 6.54 Å². The first-order chi connectivity index (χ1) is 10.6. The summed E-state index contributed by atoms with van der Waals surface area (Å²) in [7, 11) is 0. The first kappa shape index (κ1) is 17.6. The normalized spacial score (nSPS) is 21.1. The third-order valence-corrected chi connectivity index (χ3v) is 4.28. The summed E-state index contributed by atoms with van der Waals surface area (Å²) < 4.78 is 39.1. The van der Waals surface area contributed by atoms with Crippen molar-refractivity contribution in [3.8, 4) is 0 Å². The average Bonchev–Trinajstić information content (AvgIpc) is 2.42. The summed E-state index contributed by atoms with van der Waals surface area (Å²) in [6.07, 6.45) is -4.29. The van der Waals surface area contributed by atoms with Gasteiger partial charge in [-0.2, -0.15) is 13.2 Å². The second kappa shape index (κ2) is 6.37. The summed E-state index contributed by atoms with van der Waals surface area (Å²) in [5, 5.41) is 2.73. The van der Waals surface area contributed by atoms with E-state index in [2.05, 4.69) is 10.3 Å². The maximum absolute atomic E-state index is 13.0. The van der Waals surface area contributed by atoms with Gasteiger partial charge in [-0.15, -0.1) is 0 Å². The van der Waals surface area contributed by atoms with Gasteiger partial charge < -0.3 is 10.2 Å². The highest BCUT2D eigenvalue weighted by molar-refractivity contribution is 5.74. The number of aromatic nitrogens is 1. The molecule has 2 amide bonds. The molecule has 128 valence electrons. The number of piperidine rings is 1. The quantitative estimate of drug-likeness (QED) is 0.902. The molecule has 1 aliphatic rings. The van der Waals surface area contributed by atoms with E-state index in [0.29, 0.717) is 0 Å². The second-order valence-electron chi connectivity index (χ2n) is 6.72. The molecule has 0 bridgehead atoms. The maximum Gasteiger partial charge on any atom is 0.392 e. The fourth-order valence-electron chi connectivity index (χ4n) is 3.11. The van der Waals surface area contributed by atoms with Gasteiger partial charge in [-0.3, -0.25) is 4.98 Å². The fourth-order valence-corrected chi connectivity index (χ4v) is 3.11. The molecule has 0 aromatic carbocycles. The maximum atomic E-state index is 13.0. The molecule has 1 aliphatic heterocycles. The van der Waals surface area contributed by atoms with Crippen molar-refractivity contribution < 1.29 is 18.0 Å². The lowest BCUT2D eigenvalue weighted by Gasteiger charge is -2.44. The highest BCUT2D eigenvalue weighted by Crippen LogP contribution is 2.44. The molecule has 0 unspecified atom stereocenters. The van der Waals surface area contributed by atoms with Gasteiger partial charge in [-0.05, 0) is 30.9 Å². The summed E-state index contributed by atoms with van der Waals surface area (Å²) >= 11 is 0. The minimum Gasteiger partial charge on any atom is -0.332 e. The molecule has 4 nitrogen and oxygen atoms in total. The molecule has 1 atom stereocenters. The molecule has 0 aliphatic carbocycles. The van der Waals surface area contributed by atoms with E-state index in [1.807, 2.05) is 19.1 Å². The first-order valence-corrected chi connectivity index (χ1v) is 7.61. The van der Waals surface area contributed by atoms with Crippen molar-refractivity contribution in [3.05, 3.63) is 29.6 Å². The number of carbonyl (C=O) groups is 1. The summed E-state index contributed by atoms with van der Waals surface area (Å²) in [6, 6.07) is 5.16. The van der Waals surface area contributed by atoms with Gasteiger partial charge in [0.1, 0.15) is 0 Å². The van der Waals surface area contributed by atoms with Crippen LogP contribution in [0.3, 0.4) is 0 Å². The van der Waals surface area contributed by atoms with Crippen LogP contribution in [0, 0.1) is 18.3 Å². The Labute approximate surface area is 134 Å². The molecule has 1 aromatic rings. The van der Waals surface area contributed by atoms with Crippen molar-refractivity contribution in [2.75, 3.05) is 13.1 Å². The number of urea groups is 1. The Bertz CT molecular complexity index is 572. The largest absolute Gasteiger partial charge is 0.392 e. The molecular formula is C16H22F3N3O. The summed E-state index contributed by atoms with van der Waals surface area (Å²) in [4.78, 5) is 17.9. The number of rotatable bonds is 2. The van der Waals surface area contributed by atoms with Gasteiger partial charge in [0.2, 0.25) is 0 Å². The SMILES string of the molecule is Cc1cccc(CNC(=O)N2CC[C@@H](C(F)(F)F)C(C)(C)C2)n1. The monoisotopic (exact) mass is 329 g/mol. The lowest BCUT2D eigenvalue weighted by atomic mass is 9.73. The number of amides is 2. The molecule has 0 spiro atoms. The third kappa shape index (κ3) is 4.36. The molecule has 1 fully saturated rings. The number of alkyl halides is 3. The summed E-state index contributed by atoms with van der Waals surface area (Å²) in [5.41, 5.74) is 0.585. The van der Waals surface area contributed by atoms with Crippen molar-refractivity contribution >= 4 is 6.03 Å². The average molecular weight is 329 g/mol. The topological polar surface area (TPSA) is 45.2 Å². The minimum atomic E-state index is -4.22. The van der Waals surface area contributed by atoms with E-state index in [1.165, 1.54) is 4.90 Å². The van der Waals surface area contributed by atoms with Crippen LogP contribution in [0.15, 0.2) is 18.2 Å². The standard InChI is InChI=1S/C16H22F3N3O/c1-11-5-4-6-12(21-11)9-20-14(23)22-8-7-13(16(17,18)19)15(2,3)10-22/h4-6,13H,7-10H2,1-3H3,(H,20,23)/t13-/m1/s1. The lowest BCUT2D eigenvalue weighted by Crippen LogP contribution is -2.54. The molecule has 0 saturated carbocycles. The molecular weight excluding hydrogens is 307 g/mol. The van der Waals surface area contributed by atoms with Crippen LogP contribution in [0.4, 0.5) is 18.0 Å². The zero-order chi connectivity index (χ0) is 17.3. The van der Waals surface area contributed by atoms with Crippen molar-refractivity contribution in [2.45, 2.75) is 39.9 Å². The second-order valence-corrected chi connectivity index (χ2v) is 6.72. The number of pyridine rings is 1. The smallest absolute Gasteiger partial charge is 0.332 e. The molecule has 2 heterocycles. The summed E-state index contributed by atoms with van der Waals surface area (Å²) in [6.45, 7) is 5.44. The molecule has 1 aromatic heterocycles. The van der Waals surface area contributed by atoms with Crippen LogP contribution in [0.5, 0.6) is 0 Å². The number of halogens is 3. The molecule has 23 heavy (non-hydrogen) atoms. The van der Waals surface area contributed by atoms with Crippen molar-refractivity contribution in [3.63, 3.8) is 0 Å². The highest BCUT2D eigenvalue weighted by Gasteiger charge is 2.51. The van der Waals surface area contributed by atoms with Crippen LogP contribution >= 0.6 is 0 Å². The molecule has 1 N–H and O–H groups in total.